The molecule has 0 unspecified atom stereocenters. The van der Waals surface area contributed by atoms with Gasteiger partial charge in [-0.15, -0.1) is 0 Å². The lowest BCUT2D eigenvalue weighted by molar-refractivity contribution is -0.156. The Morgan fingerprint density at radius 3 is 2.07 bits per heavy atom. The number of nitrogens with one attached hydrogen (secondary N) is 2. The maximum Gasteiger partial charge on any atom is 0.329 e. The molecule has 2 atom stereocenters. The van der Waals surface area contributed by atoms with E-state index in [1.165, 1.54) is 6.92 Å². The van der Waals surface area contributed by atoms with Crippen molar-refractivity contribution in [2.75, 3.05) is 0 Å². The number of hydrogen-bond donors (Lipinski definition) is 3. The molecule has 2 rings (SSSR count). The summed E-state index contributed by atoms with van der Waals surface area (Å²) in [5.74, 6) is -1.15. The summed E-state index contributed by atoms with van der Waals surface area (Å²) in [4.78, 5) is 35.8. The quantitative estimate of drug-likeness (QED) is 0.613. The Bertz CT molecular complexity index is 765. The number of ether oxygens (including phenoxy) is 1. The number of amides is 3. The average Bonchev–Trinajstić information content (AvgIpc) is 2.66. The maximum absolute atomic E-state index is 12.4. The van der Waals surface area contributed by atoms with Gasteiger partial charge < -0.3 is 21.1 Å². The number of esters is 1. The van der Waals surface area contributed by atoms with E-state index in [2.05, 4.69) is 10.6 Å². The predicted molar refractivity (Wildman–Crippen MR) is 100 cm³/mol. The Balaban J connectivity index is 1.92. The Morgan fingerprint density at radius 1 is 0.963 bits per heavy atom. The Hall–Kier alpha value is -3.35. The van der Waals surface area contributed by atoms with Gasteiger partial charge in [-0.05, 0) is 18.1 Å². The first-order chi connectivity index (χ1) is 13.0. The maximum atomic E-state index is 12.4. The van der Waals surface area contributed by atoms with Gasteiger partial charge in [0.2, 0.25) is 0 Å². The van der Waals surface area contributed by atoms with Crippen LogP contribution in [-0.4, -0.2) is 30.1 Å². The summed E-state index contributed by atoms with van der Waals surface area (Å²) in [5.41, 5.74) is 6.91. The fourth-order valence-electron chi connectivity index (χ4n) is 2.45. The number of benzene rings is 2. The minimum Gasteiger partial charge on any atom is -0.451 e. The topological polar surface area (TPSA) is 111 Å². The summed E-state index contributed by atoms with van der Waals surface area (Å²) in [6, 6.07) is 16.7. The molecule has 0 radical (unpaired) electrons. The lowest BCUT2D eigenvalue weighted by Gasteiger charge is -2.19. The van der Waals surface area contributed by atoms with Crippen LogP contribution in [0.2, 0.25) is 0 Å². The summed E-state index contributed by atoms with van der Waals surface area (Å²) >= 11 is 0. The molecular formula is C20H23N3O4. The molecule has 142 valence electrons. The molecule has 0 aliphatic rings. The smallest absolute Gasteiger partial charge is 0.329 e. The molecule has 0 saturated heterocycles. The molecule has 0 spiro atoms. The van der Waals surface area contributed by atoms with E-state index in [0.717, 1.165) is 11.1 Å². The molecule has 0 aromatic heterocycles. The van der Waals surface area contributed by atoms with Gasteiger partial charge >= 0.3 is 12.0 Å². The number of nitrogens with two attached hydrogens (primary N) is 1. The molecule has 2 aromatic carbocycles. The third-order valence-corrected chi connectivity index (χ3v) is 3.86. The number of hydrogen-bond acceptors (Lipinski definition) is 4. The van der Waals surface area contributed by atoms with Gasteiger partial charge in [0, 0.05) is 13.0 Å². The third-order valence-electron chi connectivity index (χ3n) is 3.86. The zero-order valence-corrected chi connectivity index (χ0v) is 15.1. The number of urea groups is 1. The zero-order chi connectivity index (χ0) is 19.6. The largest absolute Gasteiger partial charge is 0.451 e. The van der Waals surface area contributed by atoms with Crippen molar-refractivity contribution in [1.82, 2.24) is 10.6 Å². The van der Waals surface area contributed by atoms with Crippen LogP contribution >= 0.6 is 0 Å². The summed E-state index contributed by atoms with van der Waals surface area (Å²) in [7, 11) is 0. The molecule has 7 nitrogen and oxygen atoms in total. The number of primary amides is 1. The molecule has 0 fully saturated rings. The van der Waals surface area contributed by atoms with Crippen molar-refractivity contribution in [2.45, 2.75) is 32.0 Å². The van der Waals surface area contributed by atoms with Crippen LogP contribution in [0.5, 0.6) is 0 Å². The van der Waals surface area contributed by atoms with Gasteiger partial charge in [-0.1, -0.05) is 60.7 Å². The van der Waals surface area contributed by atoms with Crippen molar-refractivity contribution in [3.05, 3.63) is 71.8 Å². The Kier molecular flexibility index (Phi) is 7.37. The first kappa shape index (κ1) is 20.0. The lowest BCUT2D eigenvalue weighted by atomic mass is 10.1. The second-order valence-corrected chi connectivity index (χ2v) is 6.03. The van der Waals surface area contributed by atoms with Crippen LogP contribution in [0.25, 0.3) is 0 Å². The van der Waals surface area contributed by atoms with Crippen LogP contribution in [-0.2, 0) is 27.3 Å². The van der Waals surface area contributed by atoms with Crippen LogP contribution in [0.1, 0.15) is 18.1 Å². The molecule has 0 bridgehead atoms. The van der Waals surface area contributed by atoms with Crippen molar-refractivity contribution in [3.8, 4) is 0 Å². The summed E-state index contributed by atoms with van der Waals surface area (Å²) in [6.45, 7) is 1.80. The highest BCUT2D eigenvalue weighted by Crippen LogP contribution is 2.06. The fourth-order valence-corrected chi connectivity index (χ4v) is 2.45. The highest BCUT2D eigenvalue weighted by Gasteiger charge is 2.26. The first-order valence-corrected chi connectivity index (χ1v) is 8.57. The van der Waals surface area contributed by atoms with Crippen molar-refractivity contribution in [1.29, 1.82) is 0 Å². The minimum absolute atomic E-state index is 0.209. The van der Waals surface area contributed by atoms with E-state index < -0.39 is 30.1 Å². The first-order valence-electron chi connectivity index (χ1n) is 8.57. The molecule has 7 heteroatoms. The van der Waals surface area contributed by atoms with Gasteiger partial charge in [-0.2, -0.15) is 0 Å². The van der Waals surface area contributed by atoms with Gasteiger partial charge in [0.05, 0.1) is 0 Å². The highest BCUT2D eigenvalue weighted by atomic mass is 16.5. The molecular weight excluding hydrogens is 346 g/mol. The van der Waals surface area contributed by atoms with Gasteiger partial charge in [0.1, 0.15) is 6.04 Å². The van der Waals surface area contributed by atoms with E-state index in [-0.39, 0.29) is 6.42 Å². The van der Waals surface area contributed by atoms with Crippen LogP contribution < -0.4 is 16.4 Å². The van der Waals surface area contributed by atoms with Gasteiger partial charge in [-0.3, -0.25) is 4.79 Å². The highest BCUT2D eigenvalue weighted by molar-refractivity contribution is 5.87. The molecule has 2 aromatic rings. The van der Waals surface area contributed by atoms with Crippen molar-refractivity contribution >= 4 is 17.9 Å². The number of carbonyl (C=O) groups is 3. The normalized spacial score (nSPS) is 12.5. The number of rotatable bonds is 8. The lowest BCUT2D eigenvalue weighted by Crippen LogP contribution is -2.47. The monoisotopic (exact) mass is 369 g/mol. The second kappa shape index (κ2) is 9.96. The van der Waals surface area contributed by atoms with Crippen LogP contribution in [0.4, 0.5) is 4.79 Å². The Morgan fingerprint density at radius 2 is 1.52 bits per heavy atom. The molecule has 0 heterocycles. The minimum atomic E-state index is -1.01. The van der Waals surface area contributed by atoms with Crippen LogP contribution in [0, 0.1) is 0 Å². The van der Waals surface area contributed by atoms with E-state index in [0.29, 0.717) is 6.54 Å². The number of carbonyl (C=O) groups excluding carboxylic acids is 3. The summed E-state index contributed by atoms with van der Waals surface area (Å²) < 4.78 is 5.21. The zero-order valence-electron chi connectivity index (χ0n) is 15.1. The van der Waals surface area contributed by atoms with E-state index in [1.54, 1.807) is 0 Å². The summed E-state index contributed by atoms with van der Waals surface area (Å²) in [5, 5.41) is 5.07. The SMILES string of the molecule is C[C@H](OC(=O)[C@H](Cc1ccccc1)NC(N)=O)C(=O)NCc1ccccc1. The molecule has 27 heavy (non-hydrogen) atoms. The third kappa shape index (κ3) is 6.81. The molecule has 4 N–H and O–H groups in total. The van der Waals surface area contributed by atoms with Crippen LogP contribution in [0.3, 0.4) is 0 Å². The fraction of sp³-hybridized carbons (Fsp3) is 0.250. The van der Waals surface area contributed by atoms with E-state index in [1.807, 2.05) is 60.7 Å². The van der Waals surface area contributed by atoms with Gasteiger partial charge in [-0.25, -0.2) is 9.59 Å². The molecule has 3 amide bonds. The molecule has 0 aliphatic carbocycles. The van der Waals surface area contributed by atoms with Crippen molar-refractivity contribution in [2.24, 2.45) is 5.73 Å². The average molecular weight is 369 g/mol. The van der Waals surface area contributed by atoms with E-state index in [4.69, 9.17) is 10.5 Å². The molecule has 0 saturated carbocycles. The van der Waals surface area contributed by atoms with Gasteiger partial charge in [0.25, 0.3) is 5.91 Å². The Labute approximate surface area is 157 Å². The molecule has 0 aliphatic heterocycles. The van der Waals surface area contributed by atoms with Gasteiger partial charge in [0.15, 0.2) is 6.10 Å². The van der Waals surface area contributed by atoms with E-state index >= 15 is 0 Å². The van der Waals surface area contributed by atoms with Crippen LogP contribution in [0.15, 0.2) is 60.7 Å². The standard InChI is InChI=1S/C20H23N3O4/c1-14(18(24)22-13-16-10-6-3-7-11-16)27-19(25)17(23-20(21)26)12-15-8-4-2-5-9-15/h2-11,14,17H,12-13H2,1H3,(H,22,24)(H3,21,23,26)/t14-,17-/m0/s1. The van der Waals surface area contributed by atoms with Crippen molar-refractivity contribution < 1.29 is 19.1 Å². The second-order valence-electron chi connectivity index (χ2n) is 6.03. The van der Waals surface area contributed by atoms with Crippen molar-refractivity contribution in [3.63, 3.8) is 0 Å². The van der Waals surface area contributed by atoms with E-state index in [9.17, 15) is 14.4 Å². The predicted octanol–water partition coefficient (Wildman–Crippen LogP) is 1.51. The summed E-state index contributed by atoms with van der Waals surface area (Å²) in [6.07, 6.45) is -0.796.